The third kappa shape index (κ3) is 3.72. The largest absolute Gasteiger partial charge is 0.445 e. The summed E-state index contributed by atoms with van der Waals surface area (Å²) in [5.74, 6) is 0.566. The van der Waals surface area contributed by atoms with Crippen molar-refractivity contribution in [3.63, 3.8) is 0 Å². The SMILES string of the molecule is CC(C)(C)C1CCN(C(=O)OCc2ccccc2)C1. The molecule has 0 saturated carbocycles. The first kappa shape index (κ1) is 13.9. The second-order valence-electron chi connectivity index (χ2n) is 6.34. The van der Waals surface area contributed by atoms with Crippen molar-refractivity contribution in [2.45, 2.75) is 33.8 Å². The van der Waals surface area contributed by atoms with Gasteiger partial charge in [0.1, 0.15) is 6.61 Å². The first-order chi connectivity index (χ1) is 8.97. The highest BCUT2D eigenvalue weighted by Crippen LogP contribution is 2.33. The topological polar surface area (TPSA) is 29.5 Å². The third-order valence-electron chi connectivity index (χ3n) is 3.88. The number of rotatable bonds is 2. The average Bonchev–Trinajstić information content (AvgIpc) is 2.87. The van der Waals surface area contributed by atoms with Crippen molar-refractivity contribution in [2.75, 3.05) is 13.1 Å². The summed E-state index contributed by atoms with van der Waals surface area (Å²) in [5, 5.41) is 0. The second kappa shape index (κ2) is 5.64. The van der Waals surface area contributed by atoms with Gasteiger partial charge in [0.25, 0.3) is 0 Å². The van der Waals surface area contributed by atoms with Crippen molar-refractivity contribution in [2.24, 2.45) is 11.3 Å². The van der Waals surface area contributed by atoms with Crippen molar-refractivity contribution >= 4 is 6.09 Å². The number of hydrogen-bond donors (Lipinski definition) is 0. The Labute approximate surface area is 115 Å². The fourth-order valence-corrected chi connectivity index (χ4v) is 2.44. The summed E-state index contributed by atoms with van der Waals surface area (Å²) in [7, 11) is 0. The van der Waals surface area contributed by atoms with Gasteiger partial charge >= 0.3 is 6.09 Å². The lowest BCUT2D eigenvalue weighted by Crippen LogP contribution is -2.31. The van der Waals surface area contributed by atoms with Crippen LogP contribution < -0.4 is 0 Å². The summed E-state index contributed by atoms with van der Waals surface area (Å²) in [4.78, 5) is 13.8. The van der Waals surface area contributed by atoms with Crippen molar-refractivity contribution in [1.82, 2.24) is 4.90 Å². The van der Waals surface area contributed by atoms with Gasteiger partial charge in [0, 0.05) is 13.1 Å². The van der Waals surface area contributed by atoms with Gasteiger partial charge < -0.3 is 9.64 Å². The van der Waals surface area contributed by atoms with E-state index < -0.39 is 0 Å². The van der Waals surface area contributed by atoms with Gasteiger partial charge in [0.05, 0.1) is 0 Å². The molecule has 3 nitrogen and oxygen atoms in total. The van der Waals surface area contributed by atoms with Gasteiger partial charge in [-0.1, -0.05) is 51.1 Å². The predicted octanol–water partition coefficient (Wildman–Crippen LogP) is 3.69. The molecule has 104 valence electrons. The summed E-state index contributed by atoms with van der Waals surface area (Å²) in [6, 6.07) is 9.80. The molecule has 0 radical (unpaired) electrons. The Morgan fingerprint density at radius 1 is 1.32 bits per heavy atom. The zero-order valence-corrected chi connectivity index (χ0v) is 12.1. The number of likely N-dealkylation sites (tertiary alicyclic amines) is 1. The van der Waals surface area contributed by atoms with Gasteiger partial charge in [-0.3, -0.25) is 0 Å². The van der Waals surface area contributed by atoms with E-state index in [0.29, 0.717) is 12.5 Å². The van der Waals surface area contributed by atoms with Crippen LogP contribution in [0.5, 0.6) is 0 Å². The third-order valence-corrected chi connectivity index (χ3v) is 3.88. The molecule has 1 saturated heterocycles. The van der Waals surface area contributed by atoms with E-state index in [2.05, 4.69) is 20.8 Å². The monoisotopic (exact) mass is 261 g/mol. The normalized spacial score (nSPS) is 19.5. The summed E-state index contributed by atoms with van der Waals surface area (Å²) in [6.07, 6.45) is 0.889. The molecule has 19 heavy (non-hydrogen) atoms. The van der Waals surface area contributed by atoms with Crippen LogP contribution in [0.1, 0.15) is 32.8 Å². The molecular weight excluding hydrogens is 238 g/mol. The van der Waals surface area contributed by atoms with Crippen LogP contribution in [0.4, 0.5) is 4.79 Å². The molecule has 1 aliphatic rings. The fraction of sp³-hybridized carbons (Fsp3) is 0.562. The molecule has 0 spiro atoms. The number of nitrogens with zero attached hydrogens (tertiary/aromatic N) is 1. The van der Waals surface area contributed by atoms with E-state index in [1.54, 1.807) is 0 Å². The van der Waals surface area contributed by atoms with E-state index in [-0.39, 0.29) is 11.5 Å². The number of benzene rings is 1. The molecule has 1 aromatic rings. The van der Waals surface area contributed by atoms with Crippen molar-refractivity contribution in [3.8, 4) is 0 Å². The lowest BCUT2D eigenvalue weighted by Gasteiger charge is -2.26. The Morgan fingerprint density at radius 3 is 2.58 bits per heavy atom. The lowest BCUT2D eigenvalue weighted by atomic mass is 9.80. The Hall–Kier alpha value is -1.51. The average molecular weight is 261 g/mol. The minimum Gasteiger partial charge on any atom is -0.445 e. The summed E-state index contributed by atoms with van der Waals surface area (Å²) in [5.41, 5.74) is 1.29. The zero-order valence-electron chi connectivity index (χ0n) is 12.1. The van der Waals surface area contributed by atoms with Gasteiger partial charge in [-0.05, 0) is 23.3 Å². The Morgan fingerprint density at radius 2 is 2.00 bits per heavy atom. The van der Waals surface area contributed by atoms with E-state index in [0.717, 1.165) is 25.1 Å². The number of amides is 1. The van der Waals surface area contributed by atoms with Crippen LogP contribution in [0.25, 0.3) is 0 Å². The van der Waals surface area contributed by atoms with Gasteiger partial charge in [0.15, 0.2) is 0 Å². The molecule has 1 fully saturated rings. The molecule has 1 aromatic carbocycles. The molecule has 0 bridgehead atoms. The van der Waals surface area contributed by atoms with E-state index in [1.807, 2.05) is 35.2 Å². The molecule has 3 heteroatoms. The molecule has 1 heterocycles. The number of ether oxygens (including phenoxy) is 1. The number of carbonyl (C=O) groups is 1. The number of hydrogen-bond acceptors (Lipinski definition) is 2. The van der Waals surface area contributed by atoms with E-state index in [1.165, 1.54) is 0 Å². The minimum atomic E-state index is -0.185. The first-order valence-corrected chi connectivity index (χ1v) is 6.92. The molecular formula is C16H23NO2. The smallest absolute Gasteiger partial charge is 0.410 e. The molecule has 0 aromatic heterocycles. The Kier molecular flexibility index (Phi) is 4.13. The zero-order chi connectivity index (χ0) is 13.9. The Bertz CT molecular complexity index is 422. The second-order valence-corrected chi connectivity index (χ2v) is 6.34. The summed E-state index contributed by atoms with van der Waals surface area (Å²) in [6.45, 7) is 8.69. The van der Waals surface area contributed by atoms with Crippen molar-refractivity contribution in [1.29, 1.82) is 0 Å². The van der Waals surface area contributed by atoms with Crippen LogP contribution in [0, 0.1) is 11.3 Å². The lowest BCUT2D eigenvalue weighted by molar-refractivity contribution is 0.100. The maximum Gasteiger partial charge on any atom is 0.410 e. The van der Waals surface area contributed by atoms with Crippen LogP contribution in [0.2, 0.25) is 0 Å². The van der Waals surface area contributed by atoms with Gasteiger partial charge in [0.2, 0.25) is 0 Å². The van der Waals surface area contributed by atoms with Gasteiger partial charge in [-0.25, -0.2) is 4.79 Å². The summed E-state index contributed by atoms with van der Waals surface area (Å²) < 4.78 is 5.36. The van der Waals surface area contributed by atoms with Crippen LogP contribution in [-0.4, -0.2) is 24.1 Å². The highest BCUT2D eigenvalue weighted by Gasteiger charge is 2.34. The number of carbonyl (C=O) groups excluding carboxylic acids is 1. The van der Waals surface area contributed by atoms with Gasteiger partial charge in [-0.2, -0.15) is 0 Å². The van der Waals surface area contributed by atoms with E-state index in [9.17, 15) is 4.79 Å². The van der Waals surface area contributed by atoms with Gasteiger partial charge in [-0.15, -0.1) is 0 Å². The molecule has 1 atom stereocenters. The van der Waals surface area contributed by atoms with Crippen LogP contribution >= 0.6 is 0 Å². The molecule has 1 unspecified atom stereocenters. The highest BCUT2D eigenvalue weighted by molar-refractivity contribution is 5.68. The maximum absolute atomic E-state index is 12.0. The molecule has 0 N–H and O–H groups in total. The van der Waals surface area contributed by atoms with Crippen LogP contribution in [0.3, 0.4) is 0 Å². The molecule has 2 rings (SSSR count). The first-order valence-electron chi connectivity index (χ1n) is 6.92. The predicted molar refractivity (Wildman–Crippen MR) is 75.8 cm³/mol. The fourth-order valence-electron chi connectivity index (χ4n) is 2.44. The molecule has 0 aliphatic carbocycles. The Balaban J connectivity index is 1.82. The molecule has 1 aliphatic heterocycles. The van der Waals surface area contributed by atoms with Crippen molar-refractivity contribution < 1.29 is 9.53 Å². The van der Waals surface area contributed by atoms with Crippen LogP contribution in [-0.2, 0) is 11.3 Å². The quantitative estimate of drug-likeness (QED) is 0.812. The highest BCUT2D eigenvalue weighted by atomic mass is 16.6. The molecule has 1 amide bonds. The van der Waals surface area contributed by atoms with E-state index >= 15 is 0 Å². The summed E-state index contributed by atoms with van der Waals surface area (Å²) >= 11 is 0. The van der Waals surface area contributed by atoms with Crippen molar-refractivity contribution in [3.05, 3.63) is 35.9 Å². The minimum absolute atomic E-state index is 0.185. The van der Waals surface area contributed by atoms with Crippen LogP contribution in [0.15, 0.2) is 30.3 Å². The standard InChI is InChI=1S/C16H23NO2/c1-16(2,3)14-9-10-17(11-14)15(18)19-12-13-7-5-4-6-8-13/h4-8,14H,9-12H2,1-3H3. The van der Waals surface area contributed by atoms with E-state index in [4.69, 9.17) is 4.74 Å². The maximum atomic E-state index is 12.0.